The molecule has 1 amide bonds. The zero-order chi connectivity index (χ0) is 17.5. The number of likely N-dealkylation sites (tertiary alicyclic amines) is 1. The van der Waals surface area contributed by atoms with Gasteiger partial charge in [0.05, 0.1) is 12.7 Å². The highest BCUT2D eigenvalue weighted by Crippen LogP contribution is 2.40. The molecule has 26 heavy (non-hydrogen) atoms. The smallest absolute Gasteiger partial charge is 0.276 e. The first-order valence-electron chi connectivity index (χ1n) is 9.16. The molecule has 1 aliphatic carbocycles. The van der Waals surface area contributed by atoms with Crippen LogP contribution in [0.1, 0.15) is 35.0 Å². The molecule has 2 aliphatic heterocycles. The van der Waals surface area contributed by atoms with Crippen molar-refractivity contribution in [1.29, 1.82) is 0 Å². The van der Waals surface area contributed by atoms with Crippen molar-refractivity contribution in [1.82, 2.24) is 20.0 Å². The number of nitrogens with zero attached hydrogens (tertiary/aromatic N) is 4. The van der Waals surface area contributed by atoms with E-state index in [0.717, 1.165) is 25.1 Å². The average molecular weight is 355 g/mol. The van der Waals surface area contributed by atoms with Gasteiger partial charge in [-0.15, -0.1) is 0 Å². The second-order valence-electron chi connectivity index (χ2n) is 7.35. The summed E-state index contributed by atoms with van der Waals surface area (Å²) in [5.41, 5.74) is 0.416. The molecule has 0 aromatic carbocycles. The lowest BCUT2D eigenvalue weighted by molar-refractivity contribution is 0.0671. The van der Waals surface area contributed by atoms with Gasteiger partial charge in [-0.3, -0.25) is 4.79 Å². The second kappa shape index (κ2) is 6.35. The van der Waals surface area contributed by atoms with Crippen LogP contribution in [0.4, 0.5) is 5.95 Å². The lowest BCUT2D eigenvalue weighted by Crippen LogP contribution is -2.32. The topological polar surface area (TPSA) is 93.4 Å². The molecule has 8 heteroatoms. The van der Waals surface area contributed by atoms with Crippen molar-refractivity contribution in [3.8, 4) is 0 Å². The minimum atomic E-state index is -0.0586. The van der Waals surface area contributed by atoms with E-state index in [2.05, 4.69) is 20.4 Å². The lowest BCUT2D eigenvalue weighted by Gasteiger charge is -2.19. The van der Waals surface area contributed by atoms with Crippen LogP contribution in [0.2, 0.25) is 0 Å². The van der Waals surface area contributed by atoms with E-state index in [1.54, 1.807) is 24.5 Å². The molecule has 4 heterocycles. The van der Waals surface area contributed by atoms with E-state index in [0.29, 0.717) is 49.1 Å². The zero-order valence-corrected chi connectivity index (χ0v) is 14.4. The predicted octanol–water partition coefficient (Wildman–Crippen LogP) is 1.54. The Kier molecular flexibility index (Phi) is 3.85. The van der Waals surface area contributed by atoms with Gasteiger partial charge < -0.3 is 19.5 Å². The van der Waals surface area contributed by atoms with Crippen LogP contribution in [-0.4, -0.2) is 58.3 Å². The highest BCUT2D eigenvalue weighted by Gasteiger charge is 2.45. The third-order valence-electron chi connectivity index (χ3n) is 5.54. The Balaban J connectivity index is 1.21. The fourth-order valence-corrected chi connectivity index (χ4v) is 3.90. The first-order valence-corrected chi connectivity index (χ1v) is 9.16. The van der Waals surface area contributed by atoms with Crippen LogP contribution >= 0.6 is 0 Å². The quantitative estimate of drug-likeness (QED) is 0.869. The highest BCUT2D eigenvalue weighted by atomic mass is 16.5. The van der Waals surface area contributed by atoms with Crippen molar-refractivity contribution in [2.24, 2.45) is 11.8 Å². The Hall–Kier alpha value is -2.48. The summed E-state index contributed by atoms with van der Waals surface area (Å²) in [4.78, 5) is 22.9. The fourth-order valence-electron chi connectivity index (χ4n) is 3.90. The molecule has 0 spiro atoms. The third-order valence-corrected chi connectivity index (χ3v) is 5.54. The molecule has 8 nitrogen and oxygen atoms in total. The number of ether oxygens (including phenoxy) is 1. The fraction of sp³-hybridized carbons (Fsp3) is 0.556. The van der Waals surface area contributed by atoms with E-state index in [-0.39, 0.29) is 12.0 Å². The van der Waals surface area contributed by atoms with Crippen molar-refractivity contribution in [3.05, 3.63) is 36.0 Å². The molecule has 0 radical (unpaired) electrons. The number of anilines is 1. The Bertz CT molecular complexity index is 791. The molecule has 1 N–H and O–H groups in total. The molecule has 0 bridgehead atoms. The van der Waals surface area contributed by atoms with E-state index in [1.807, 2.05) is 4.90 Å². The van der Waals surface area contributed by atoms with Crippen LogP contribution in [0.3, 0.4) is 0 Å². The zero-order valence-electron chi connectivity index (χ0n) is 14.4. The average Bonchev–Trinajstić information content (AvgIpc) is 3.09. The van der Waals surface area contributed by atoms with Crippen molar-refractivity contribution < 1.29 is 14.1 Å². The molecule has 2 aromatic heterocycles. The number of nitrogens with one attached hydrogen (secondary N) is 1. The van der Waals surface area contributed by atoms with Crippen molar-refractivity contribution >= 4 is 11.9 Å². The number of fused-ring (bicyclic) bond motifs is 1. The van der Waals surface area contributed by atoms with Crippen LogP contribution in [0.15, 0.2) is 29.0 Å². The summed E-state index contributed by atoms with van der Waals surface area (Å²) in [6, 6.07) is 3.60. The Morgan fingerprint density at radius 3 is 2.92 bits per heavy atom. The molecular formula is C18H21N5O3. The Labute approximate surface area is 150 Å². The summed E-state index contributed by atoms with van der Waals surface area (Å²) in [6.45, 7) is 2.75. The second-order valence-corrected chi connectivity index (χ2v) is 7.35. The van der Waals surface area contributed by atoms with Gasteiger partial charge in [0.1, 0.15) is 5.76 Å². The number of hydrogen-bond acceptors (Lipinski definition) is 7. The van der Waals surface area contributed by atoms with Gasteiger partial charge in [0.2, 0.25) is 5.95 Å². The van der Waals surface area contributed by atoms with Gasteiger partial charge in [-0.1, -0.05) is 5.16 Å². The van der Waals surface area contributed by atoms with Crippen molar-refractivity contribution in [3.63, 3.8) is 0 Å². The standard InChI is InChI=1S/C18H21N5O3/c24-17(14-6-15(26-22-14)11-2-3-11)23-8-13-12(10-25-16(13)9-23)7-21-18-19-4-1-5-20-18/h1,4-6,11-13,16H,2-3,7-10H2,(H,19,20,21)/t12-,13+,16+/m1/s1. The number of carbonyl (C=O) groups is 1. The molecular weight excluding hydrogens is 334 g/mol. The number of aromatic nitrogens is 3. The van der Waals surface area contributed by atoms with Crippen molar-refractivity contribution in [2.45, 2.75) is 24.9 Å². The number of carbonyl (C=O) groups excluding carboxylic acids is 1. The summed E-state index contributed by atoms with van der Waals surface area (Å²) >= 11 is 0. The maximum absolute atomic E-state index is 12.7. The molecule has 3 fully saturated rings. The summed E-state index contributed by atoms with van der Waals surface area (Å²) in [5, 5.41) is 7.24. The summed E-state index contributed by atoms with van der Waals surface area (Å²) in [5.74, 6) is 2.52. The molecule has 3 aliphatic rings. The number of rotatable bonds is 5. The van der Waals surface area contributed by atoms with E-state index >= 15 is 0 Å². The van der Waals surface area contributed by atoms with Crippen LogP contribution in [0.5, 0.6) is 0 Å². The van der Waals surface area contributed by atoms with Gasteiger partial charge in [-0.2, -0.15) is 0 Å². The van der Waals surface area contributed by atoms with Gasteiger partial charge in [0, 0.05) is 55.8 Å². The Morgan fingerprint density at radius 1 is 1.27 bits per heavy atom. The normalized spacial score (nSPS) is 27.5. The lowest BCUT2D eigenvalue weighted by atomic mass is 9.93. The van der Waals surface area contributed by atoms with Gasteiger partial charge in [-0.25, -0.2) is 9.97 Å². The van der Waals surface area contributed by atoms with Crippen LogP contribution in [-0.2, 0) is 4.74 Å². The molecule has 136 valence electrons. The molecule has 1 saturated carbocycles. The van der Waals surface area contributed by atoms with E-state index in [1.165, 1.54) is 0 Å². The van der Waals surface area contributed by atoms with Crippen molar-refractivity contribution in [2.75, 3.05) is 31.6 Å². The van der Waals surface area contributed by atoms with Crippen LogP contribution in [0.25, 0.3) is 0 Å². The SMILES string of the molecule is O=C(c1cc(C2CC2)on1)N1C[C@H]2[C@H](CNc3ncccn3)CO[C@H]2C1. The molecule has 3 atom stereocenters. The first kappa shape index (κ1) is 15.7. The minimum absolute atomic E-state index is 0.0586. The number of hydrogen-bond donors (Lipinski definition) is 1. The molecule has 5 rings (SSSR count). The predicted molar refractivity (Wildman–Crippen MR) is 91.6 cm³/mol. The number of amides is 1. The van der Waals surface area contributed by atoms with Gasteiger partial charge >= 0.3 is 0 Å². The van der Waals surface area contributed by atoms with Gasteiger partial charge in [0.15, 0.2) is 5.69 Å². The van der Waals surface area contributed by atoms with Crippen LogP contribution < -0.4 is 5.32 Å². The highest BCUT2D eigenvalue weighted by molar-refractivity contribution is 5.92. The molecule has 0 unspecified atom stereocenters. The van der Waals surface area contributed by atoms with Gasteiger partial charge in [0.25, 0.3) is 5.91 Å². The third kappa shape index (κ3) is 2.94. The monoisotopic (exact) mass is 355 g/mol. The largest absolute Gasteiger partial charge is 0.376 e. The first-order chi connectivity index (χ1) is 12.8. The van der Waals surface area contributed by atoms with E-state index in [9.17, 15) is 4.79 Å². The molecule has 2 saturated heterocycles. The maximum Gasteiger partial charge on any atom is 0.276 e. The molecule has 2 aromatic rings. The van der Waals surface area contributed by atoms with Crippen LogP contribution in [0, 0.1) is 11.8 Å². The summed E-state index contributed by atoms with van der Waals surface area (Å²) < 4.78 is 11.2. The maximum atomic E-state index is 12.7. The minimum Gasteiger partial charge on any atom is -0.376 e. The van der Waals surface area contributed by atoms with E-state index < -0.39 is 0 Å². The van der Waals surface area contributed by atoms with Gasteiger partial charge in [-0.05, 0) is 18.9 Å². The summed E-state index contributed by atoms with van der Waals surface area (Å²) in [6.07, 6.45) is 5.78. The van der Waals surface area contributed by atoms with E-state index in [4.69, 9.17) is 9.26 Å². The summed E-state index contributed by atoms with van der Waals surface area (Å²) in [7, 11) is 0. The Morgan fingerprint density at radius 2 is 2.12 bits per heavy atom.